The molecule has 0 aromatic heterocycles. The number of rotatable bonds is 4. The van der Waals surface area contributed by atoms with Crippen LogP contribution in [0.1, 0.15) is 27.2 Å². The van der Waals surface area contributed by atoms with E-state index >= 15 is 0 Å². The second kappa shape index (κ2) is 6.38. The van der Waals surface area contributed by atoms with E-state index in [1.165, 1.54) is 13.0 Å². The van der Waals surface area contributed by atoms with Crippen molar-refractivity contribution in [1.82, 2.24) is 10.2 Å². The molecule has 1 aliphatic rings. The molecule has 2 atom stereocenters. The SMILES string of the molecule is CCNC(C)CN1CCCOC(C)C1. The van der Waals surface area contributed by atoms with Crippen LogP contribution in [0, 0.1) is 0 Å². The molecule has 1 aliphatic heterocycles. The van der Waals surface area contributed by atoms with Crippen molar-refractivity contribution in [3.8, 4) is 0 Å². The molecule has 0 aromatic carbocycles. The molecule has 1 N–H and O–H groups in total. The Labute approximate surface area is 87.8 Å². The molecular formula is C11H24N2O. The first kappa shape index (κ1) is 12.0. The van der Waals surface area contributed by atoms with Gasteiger partial charge in [0.2, 0.25) is 0 Å². The normalized spacial score (nSPS) is 27.2. The lowest BCUT2D eigenvalue weighted by atomic mass is 10.2. The number of nitrogens with one attached hydrogen (secondary N) is 1. The summed E-state index contributed by atoms with van der Waals surface area (Å²) in [5, 5.41) is 3.45. The molecule has 0 spiro atoms. The smallest absolute Gasteiger partial charge is 0.0673 e. The molecule has 0 saturated carbocycles. The average Bonchev–Trinajstić information content (AvgIpc) is 2.30. The Bertz CT molecular complexity index is 152. The fraction of sp³-hybridized carbons (Fsp3) is 1.00. The van der Waals surface area contributed by atoms with Crippen molar-refractivity contribution in [2.45, 2.75) is 39.3 Å². The number of ether oxygens (including phenoxy) is 1. The lowest BCUT2D eigenvalue weighted by molar-refractivity contribution is 0.0667. The van der Waals surface area contributed by atoms with Crippen LogP contribution in [0.25, 0.3) is 0 Å². The van der Waals surface area contributed by atoms with Gasteiger partial charge in [-0.2, -0.15) is 0 Å². The van der Waals surface area contributed by atoms with Crippen LogP contribution in [0.3, 0.4) is 0 Å². The minimum absolute atomic E-state index is 0.395. The second-order valence-electron chi connectivity index (χ2n) is 4.25. The van der Waals surface area contributed by atoms with E-state index in [1.807, 2.05) is 0 Å². The van der Waals surface area contributed by atoms with Crippen molar-refractivity contribution in [2.24, 2.45) is 0 Å². The molecule has 0 aliphatic carbocycles. The zero-order valence-corrected chi connectivity index (χ0v) is 9.75. The molecule has 1 rings (SSSR count). The fourth-order valence-corrected chi connectivity index (χ4v) is 2.05. The molecule has 1 saturated heterocycles. The molecule has 0 radical (unpaired) electrons. The van der Waals surface area contributed by atoms with Crippen molar-refractivity contribution >= 4 is 0 Å². The standard InChI is InChI=1S/C11H24N2O/c1-4-12-10(2)8-13-6-5-7-14-11(3)9-13/h10-12H,4-9H2,1-3H3. The van der Waals surface area contributed by atoms with Gasteiger partial charge in [0, 0.05) is 32.3 Å². The Hall–Kier alpha value is -0.120. The molecular weight excluding hydrogens is 176 g/mol. The highest BCUT2D eigenvalue weighted by atomic mass is 16.5. The lowest BCUT2D eigenvalue weighted by Gasteiger charge is -2.25. The van der Waals surface area contributed by atoms with Crippen LogP contribution >= 0.6 is 0 Å². The Morgan fingerprint density at radius 1 is 1.57 bits per heavy atom. The van der Waals surface area contributed by atoms with Crippen molar-refractivity contribution in [3.63, 3.8) is 0 Å². The van der Waals surface area contributed by atoms with Crippen molar-refractivity contribution in [1.29, 1.82) is 0 Å². The maximum absolute atomic E-state index is 5.61. The van der Waals surface area contributed by atoms with Crippen LogP contribution < -0.4 is 5.32 Å². The third kappa shape index (κ3) is 4.40. The first-order valence-corrected chi connectivity index (χ1v) is 5.79. The van der Waals surface area contributed by atoms with Crippen molar-refractivity contribution < 1.29 is 4.74 Å². The van der Waals surface area contributed by atoms with Crippen molar-refractivity contribution in [3.05, 3.63) is 0 Å². The number of hydrogen-bond acceptors (Lipinski definition) is 3. The summed E-state index contributed by atoms with van der Waals surface area (Å²) in [7, 11) is 0. The summed E-state index contributed by atoms with van der Waals surface area (Å²) in [4.78, 5) is 2.50. The maximum atomic E-state index is 5.61. The molecule has 0 amide bonds. The highest BCUT2D eigenvalue weighted by molar-refractivity contribution is 4.71. The van der Waals surface area contributed by atoms with Crippen LogP contribution in [0.2, 0.25) is 0 Å². The van der Waals surface area contributed by atoms with Crippen molar-refractivity contribution in [2.75, 3.05) is 32.8 Å². The number of hydrogen-bond donors (Lipinski definition) is 1. The first-order chi connectivity index (χ1) is 6.72. The van der Waals surface area contributed by atoms with Gasteiger partial charge in [-0.05, 0) is 26.8 Å². The topological polar surface area (TPSA) is 24.5 Å². The largest absolute Gasteiger partial charge is 0.377 e. The molecule has 1 fully saturated rings. The monoisotopic (exact) mass is 200 g/mol. The molecule has 84 valence electrons. The van der Waals surface area contributed by atoms with E-state index in [4.69, 9.17) is 4.74 Å². The molecule has 14 heavy (non-hydrogen) atoms. The van der Waals surface area contributed by atoms with Gasteiger partial charge in [-0.1, -0.05) is 6.92 Å². The van der Waals surface area contributed by atoms with Gasteiger partial charge in [-0.3, -0.25) is 4.90 Å². The van der Waals surface area contributed by atoms with Gasteiger partial charge in [-0.15, -0.1) is 0 Å². The molecule has 0 bridgehead atoms. The van der Waals surface area contributed by atoms with Crippen LogP contribution in [-0.4, -0.2) is 49.8 Å². The van der Waals surface area contributed by atoms with Gasteiger partial charge in [0.1, 0.15) is 0 Å². The average molecular weight is 200 g/mol. The van der Waals surface area contributed by atoms with Gasteiger partial charge in [0.15, 0.2) is 0 Å². The fourth-order valence-electron chi connectivity index (χ4n) is 2.05. The molecule has 1 heterocycles. The number of likely N-dealkylation sites (N-methyl/N-ethyl adjacent to an activating group) is 1. The Morgan fingerprint density at radius 2 is 2.36 bits per heavy atom. The molecule has 2 unspecified atom stereocenters. The van der Waals surface area contributed by atoms with E-state index in [9.17, 15) is 0 Å². The predicted octanol–water partition coefficient (Wildman–Crippen LogP) is 1.10. The summed E-state index contributed by atoms with van der Waals surface area (Å²) in [5.74, 6) is 0. The minimum Gasteiger partial charge on any atom is -0.377 e. The molecule has 3 heteroatoms. The first-order valence-electron chi connectivity index (χ1n) is 5.79. The summed E-state index contributed by atoms with van der Waals surface area (Å²) in [6.45, 7) is 12.0. The highest BCUT2D eigenvalue weighted by Gasteiger charge is 2.16. The Morgan fingerprint density at radius 3 is 3.07 bits per heavy atom. The Kier molecular flexibility index (Phi) is 5.45. The second-order valence-corrected chi connectivity index (χ2v) is 4.25. The summed E-state index contributed by atoms with van der Waals surface area (Å²) in [5.41, 5.74) is 0. The third-order valence-electron chi connectivity index (χ3n) is 2.62. The van der Waals surface area contributed by atoms with Gasteiger partial charge in [0.05, 0.1) is 6.10 Å². The van der Waals surface area contributed by atoms with E-state index in [0.29, 0.717) is 12.1 Å². The van der Waals surface area contributed by atoms with Gasteiger partial charge in [-0.25, -0.2) is 0 Å². The quantitative estimate of drug-likeness (QED) is 0.735. The Balaban J connectivity index is 2.27. The molecule has 3 nitrogen and oxygen atoms in total. The van der Waals surface area contributed by atoms with E-state index < -0.39 is 0 Å². The molecule has 0 aromatic rings. The zero-order chi connectivity index (χ0) is 10.4. The van der Waals surface area contributed by atoms with E-state index in [1.54, 1.807) is 0 Å². The maximum Gasteiger partial charge on any atom is 0.0673 e. The van der Waals surface area contributed by atoms with Crippen LogP contribution in [-0.2, 0) is 4.74 Å². The summed E-state index contributed by atoms with van der Waals surface area (Å²) in [6.07, 6.45) is 1.56. The van der Waals surface area contributed by atoms with Gasteiger partial charge >= 0.3 is 0 Å². The van der Waals surface area contributed by atoms with E-state index in [0.717, 1.165) is 26.2 Å². The summed E-state index contributed by atoms with van der Waals surface area (Å²) in [6, 6.07) is 0.588. The van der Waals surface area contributed by atoms with Crippen LogP contribution in [0.15, 0.2) is 0 Å². The lowest BCUT2D eigenvalue weighted by Crippen LogP contribution is -2.41. The third-order valence-corrected chi connectivity index (χ3v) is 2.62. The number of nitrogens with zero attached hydrogens (tertiary/aromatic N) is 1. The van der Waals surface area contributed by atoms with E-state index in [2.05, 4.69) is 31.0 Å². The zero-order valence-electron chi connectivity index (χ0n) is 9.75. The summed E-state index contributed by atoms with van der Waals surface area (Å²) < 4.78 is 5.61. The van der Waals surface area contributed by atoms with Gasteiger partial charge in [0.25, 0.3) is 0 Å². The van der Waals surface area contributed by atoms with E-state index in [-0.39, 0.29) is 0 Å². The summed E-state index contributed by atoms with van der Waals surface area (Å²) >= 11 is 0. The van der Waals surface area contributed by atoms with Crippen LogP contribution in [0.5, 0.6) is 0 Å². The van der Waals surface area contributed by atoms with Crippen LogP contribution in [0.4, 0.5) is 0 Å². The predicted molar refractivity (Wildman–Crippen MR) is 59.6 cm³/mol. The van der Waals surface area contributed by atoms with Gasteiger partial charge < -0.3 is 10.1 Å². The minimum atomic E-state index is 0.395. The highest BCUT2D eigenvalue weighted by Crippen LogP contribution is 2.05.